The summed E-state index contributed by atoms with van der Waals surface area (Å²) in [5.41, 5.74) is 6.40. The second-order valence-electron chi connectivity index (χ2n) is 6.40. The van der Waals surface area contributed by atoms with Gasteiger partial charge in [-0.3, -0.25) is 0 Å². The number of benzene rings is 3. The Labute approximate surface area is 191 Å². The first-order chi connectivity index (χ1) is 13.9. The van der Waals surface area contributed by atoms with E-state index >= 15 is 0 Å². The molecule has 3 aromatic carbocycles. The minimum Gasteiger partial charge on any atom is -0.144 e. The van der Waals surface area contributed by atoms with Gasteiger partial charge in [0.2, 0.25) is 0 Å². The second kappa shape index (κ2) is 8.92. The average Bonchev–Trinajstić information content (AvgIpc) is 3.21. The number of hydrogen-bond donors (Lipinski definition) is 0. The summed E-state index contributed by atoms with van der Waals surface area (Å²) < 4.78 is 59.6. The van der Waals surface area contributed by atoms with Crippen LogP contribution in [0.4, 0.5) is 16.9 Å². The molecule has 0 atom stereocenters. The molecule has 0 saturated carbocycles. The molecule has 31 heavy (non-hydrogen) atoms. The molecular weight excluding hydrogens is 564 g/mol. The van der Waals surface area contributed by atoms with Crippen molar-refractivity contribution in [1.29, 1.82) is 0 Å². The van der Waals surface area contributed by atoms with E-state index in [1.807, 2.05) is 0 Å². The first kappa shape index (κ1) is 25.4. The van der Waals surface area contributed by atoms with Crippen LogP contribution >= 0.6 is 24.8 Å². The predicted octanol–water partition coefficient (Wildman–Crippen LogP) is 9.11. The van der Waals surface area contributed by atoms with Gasteiger partial charge >= 0.3 is 37.8 Å². The van der Waals surface area contributed by atoms with Gasteiger partial charge in [-0.1, -0.05) is 84.9 Å². The van der Waals surface area contributed by atoms with Crippen molar-refractivity contribution in [2.24, 2.45) is 0 Å². The molecule has 166 valence electrons. The van der Waals surface area contributed by atoms with E-state index in [-0.39, 0.29) is 14.9 Å². The van der Waals surface area contributed by atoms with Gasteiger partial charge in [0.1, 0.15) is 0 Å². The number of thiophene rings is 1. The van der Waals surface area contributed by atoms with Gasteiger partial charge in [0.25, 0.3) is 0 Å². The SMILES string of the molecule is S.[F][Sb-]([F])([F])([F])([F])[F].[H+].c1ccc(-c2cccc(-c3cccs3)c2-c2ccccc2)cc1. The van der Waals surface area contributed by atoms with Crippen molar-refractivity contribution in [2.45, 2.75) is 0 Å². The molecule has 0 fully saturated rings. The van der Waals surface area contributed by atoms with E-state index in [1.54, 1.807) is 11.3 Å². The van der Waals surface area contributed by atoms with E-state index in [1.165, 1.54) is 32.7 Å². The molecule has 4 aromatic rings. The third-order valence-electron chi connectivity index (χ3n) is 4.00. The normalized spacial score (nSPS) is 13.1. The summed E-state index contributed by atoms with van der Waals surface area (Å²) >= 11 is -9.46. The first-order valence-corrected chi connectivity index (χ1v) is 15.4. The molecular formula is C22H19F6S2Sb. The van der Waals surface area contributed by atoms with Crippen LogP contribution in [0, 0.1) is 0 Å². The first-order valence-electron chi connectivity index (χ1n) is 8.72. The minimum atomic E-state index is -11.2. The molecule has 1 heterocycles. The van der Waals surface area contributed by atoms with Crippen LogP contribution in [0.15, 0.2) is 96.4 Å². The molecule has 0 unspecified atom stereocenters. The molecule has 0 spiro atoms. The van der Waals surface area contributed by atoms with Crippen molar-refractivity contribution in [3.63, 3.8) is 0 Å². The average molecular weight is 583 g/mol. The van der Waals surface area contributed by atoms with Crippen molar-refractivity contribution >= 4 is 44.3 Å². The van der Waals surface area contributed by atoms with Crippen LogP contribution in [-0.2, 0) is 0 Å². The molecule has 0 N–H and O–H groups in total. The smallest absolute Gasteiger partial charge is 0.144 e. The Balaban J connectivity index is 0.000000501. The largest absolute Gasteiger partial charge is 1.00 e. The predicted molar refractivity (Wildman–Crippen MR) is 125 cm³/mol. The third-order valence-corrected chi connectivity index (χ3v) is 4.90. The van der Waals surface area contributed by atoms with Crippen molar-refractivity contribution in [1.82, 2.24) is 0 Å². The van der Waals surface area contributed by atoms with E-state index < -0.39 is 19.5 Å². The molecule has 0 nitrogen and oxygen atoms in total. The molecule has 0 aliphatic carbocycles. The van der Waals surface area contributed by atoms with Crippen LogP contribution in [0.3, 0.4) is 0 Å². The van der Waals surface area contributed by atoms with Crippen molar-refractivity contribution in [2.75, 3.05) is 0 Å². The van der Waals surface area contributed by atoms with Crippen molar-refractivity contribution in [3.8, 4) is 32.7 Å². The van der Waals surface area contributed by atoms with Crippen LogP contribution in [0.25, 0.3) is 32.7 Å². The second-order valence-corrected chi connectivity index (χ2v) is 12.8. The molecule has 4 rings (SSSR count). The minimum absolute atomic E-state index is 0. The maximum atomic E-state index is 9.93. The summed E-state index contributed by atoms with van der Waals surface area (Å²) in [4.78, 5) is 1.31. The Morgan fingerprint density at radius 3 is 1.52 bits per heavy atom. The Morgan fingerprint density at radius 1 is 0.548 bits per heavy atom. The van der Waals surface area contributed by atoms with Crippen molar-refractivity contribution < 1.29 is 18.3 Å². The summed E-state index contributed by atoms with van der Waals surface area (Å²) in [5.74, 6) is 0. The maximum absolute atomic E-state index is 11.2. The summed E-state index contributed by atoms with van der Waals surface area (Å²) in [6, 6.07) is 32.2. The summed E-state index contributed by atoms with van der Waals surface area (Å²) in [6.07, 6.45) is 0. The zero-order chi connectivity index (χ0) is 21.9. The van der Waals surface area contributed by atoms with Gasteiger partial charge < -0.3 is 0 Å². The van der Waals surface area contributed by atoms with Crippen LogP contribution < -0.4 is 0 Å². The van der Waals surface area contributed by atoms with Gasteiger partial charge in [-0.15, -0.1) is 11.3 Å². The summed E-state index contributed by atoms with van der Waals surface area (Å²) in [6.45, 7) is 0. The molecule has 0 amide bonds. The zero-order valence-electron chi connectivity index (χ0n) is 16.9. The van der Waals surface area contributed by atoms with E-state index in [9.17, 15) is 16.9 Å². The third kappa shape index (κ3) is 8.63. The van der Waals surface area contributed by atoms with E-state index in [2.05, 4.69) is 96.4 Å². The van der Waals surface area contributed by atoms with Crippen molar-refractivity contribution in [3.05, 3.63) is 96.4 Å². The number of hydrogen-bond acceptors (Lipinski definition) is 1. The summed E-state index contributed by atoms with van der Waals surface area (Å²) in [5, 5.41) is 2.14. The van der Waals surface area contributed by atoms with Crippen LogP contribution in [-0.4, -0.2) is 19.5 Å². The Bertz CT molecular complexity index is 1110. The molecule has 0 aliphatic heterocycles. The van der Waals surface area contributed by atoms with Gasteiger partial charge in [0.05, 0.1) is 0 Å². The van der Waals surface area contributed by atoms with Gasteiger partial charge in [-0.05, 0) is 33.7 Å². The molecule has 0 saturated heterocycles. The maximum Gasteiger partial charge on any atom is 1.00 e. The molecule has 1 aromatic heterocycles. The Morgan fingerprint density at radius 2 is 1.03 bits per heavy atom. The fourth-order valence-corrected chi connectivity index (χ4v) is 3.72. The molecule has 0 bridgehead atoms. The monoisotopic (exact) mass is 582 g/mol. The fraction of sp³-hybridized carbons (Fsp3) is 0. The van der Waals surface area contributed by atoms with Gasteiger partial charge in [-0.2, -0.15) is 13.5 Å². The number of rotatable bonds is 3. The molecule has 0 aliphatic rings. The standard InChI is InChI=1S/C22H16S.6FH.H2S.Sb/c1-3-9-17(10-4-1)19-13-7-14-20(21-15-8-16-23-21)22(19)18-11-5-2-6-12-18;;;;;;;;/h1-16H;6*1H;1H2;/q;;;;;;;;+5/p-5. The quantitative estimate of drug-likeness (QED) is 0.167. The van der Waals surface area contributed by atoms with E-state index in [0.717, 1.165) is 0 Å². The molecule has 0 radical (unpaired) electrons. The number of halogens is 6. The van der Waals surface area contributed by atoms with Crippen LogP contribution in [0.2, 0.25) is 0 Å². The van der Waals surface area contributed by atoms with Gasteiger partial charge in [-0.25, -0.2) is 0 Å². The topological polar surface area (TPSA) is 0 Å². The Hall–Kier alpha value is -1.89. The molecule has 9 heteroatoms. The summed E-state index contributed by atoms with van der Waals surface area (Å²) in [7, 11) is 0. The zero-order valence-corrected chi connectivity index (χ0v) is 20.2. The fourth-order valence-electron chi connectivity index (χ4n) is 2.96. The van der Waals surface area contributed by atoms with Crippen LogP contribution in [0.1, 0.15) is 1.43 Å². The van der Waals surface area contributed by atoms with Crippen LogP contribution in [0.5, 0.6) is 0 Å². The Kier molecular flexibility index (Phi) is 7.30. The van der Waals surface area contributed by atoms with Gasteiger partial charge in [0, 0.05) is 10.4 Å². The van der Waals surface area contributed by atoms with Gasteiger partial charge in [0.15, 0.2) is 0 Å². The van der Waals surface area contributed by atoms with E-state index in [4.69, 9.17) is 0 Å². The van der Waals surface area contributed by atoms with E-state index in [0.29, 0.717) is 0 Å².